The second kappa shape index (κ2) is 4.27. The highest BCUT2D eigenvalue weighted by Gasteiger charge is 2.26. The Morgan fingerprint density at radius 3 is 2.15 bits per heavy atom. The number of aliphatic carboxylic acids is 1. The summed E-state index contributed by atoms with van der Waals surface area (Å²) >= 11 is 0. The Kier molecular flexibility index (Phi) is 3.92. The molecule has 0 aromatic carbocycles. The molecule has 0 saturated heterocycles. The molecule has 0 aliphatic rings. The van der Waals surface area contributed by atoms with Gasteiger partial charge < -0.3 is 16.2 Å². The maximum Gasteiger partial charge on any atom is 0.325 e. The van der Waals surface area contributed by atoms with Crippen LogP contribution in [0.3, 0.4) is 0 Å². The Hall–Kier alpha value is -1.04. The van der Waals surface area contributed by atoms with Crippen molar-refractivity contribution in [3.8, 4) is 0 Å². The Labute approximate surface area is 78.3 Å². The van der Waals surface area contributed by atoms with Gasteiger partial charge in [0.2, 0.25) is 0 Å². The van der Waals surface area contributed by atoms with Gasteiger partial charge in [-0.05, 0) is 6.04 Å². The van der Waals surface area contributed by atoms with Crippen molar-refractivity contribution >= 4 is 20.1 Å². The fourth-order valence-corrected chi connectivity index (χ4v) is 2.49. The largest absolute Gasteiger partial charge is 0.480 e. The fraction of sp³-hybridized carbons (Fsp3) is 0.714. The fourth-order valence-electron chi connectivity index (χ4n) is 0.984. The summed E-state index contributed by atoms with van der Waals surface area (Å²) in [5.41, 5.74) is 4.85. The second-order valence-corrected chi connectivity index (χ2v) is 9.69. The van der Waals surface area contributed by atoms with E-state index in [0.29, 0.717) is 6.04 Å². The number of carboxylic acids is 1. The monoisotopic (exact) mass is 204 g/mol. The van der Waals surface area contributed by atoms with Crippen LogP contribution in [0.2, 0.25) is 25.7 Å². The lowest BCUT2D eigenvalue weighted by Crippen LogP contribution is -2.47. The van der Waals surface area contributed by atoms with Crippen molar-refractivity contribution in [3.05, 3.63) is 0 Å². The van der Waals surface area contributed by atoms with E-state index < -0.39 is 26.1 Å². The van der Waals surface area contributed by atoms with Gasteiger partial charge >= 0.3 is 12.0 Å². The first-order valence-corrected chi connectivity index (χ1v) is 7.72. The van der Waals surface area contributed by atoms with E-state index in [-0.39, 0.29) is 0 Å². The average molecular weight is 204 g/mol. The van der Waals surface area contributed by atoms with E-state index in [1.54, 1.807) is 0 Å². The van der Waals surface area contributed by atoms with Gasteiger partial charge in [-0.15, -0.1) is 0 Å². The molecule has 0 fully saturated rings. The van der Waals surface area contributed by atoms with Crippen LogP contribution < -0.4 is 11.1 Å². The van der Waals surface area contributed by atoms with Gasteiger partial charge in [0, 0.05) is 8.07 Å². The summed E-state index contributed by atoms with van der Waals surface area (Å²) in [6.07, 6.45) is 0. The van der Waals surface area contributed by atoms with E-state index in [1.807, 2.05) is 19.6 Å². The molecule has 13 heavy (non-hydrogen) atoms. The zero-order valence-electron chi connectivity index (χ0n) is 8.13. The van der Waals surface area contributed by atoms with E-state index >= 15 is 0 Å². The van der Waals surface area contributed by atoms with Crippen LogP contribution in [-0.2, 0) is 4.79 Å². The van der Waals surface area contributed by atoms with Gasteiger partial charge in [0.25, 0.3) is 0 Å². The van der Waals surface area contributed by atoms with Crippen LogP contribution in [0, 0.1) is 0 Å². The lowest BCUT2D eigenvalue weighted by Gasteiger charge is -2.21. The Bertz CT molecular complexity index is 212. The Balaban J connectivity index is 4.27. The van der Waals surface area contributed by atoms with Crippen LogP contribution in [0.5, 0.6) is 0 Å². The summed E-state index contributed by atoms with van der Waals surface area (Å²) in [5.74, 6) is -1.03. The molecule has 2 amide bonds. The number of urea groups is 1. The van der Waals surface area contributed by atoms with Gasteiger partial charge in [-0.2, -0.15) is 0 Å². The molecule has 0 unspecified atom stereocenters. The first-order valence-electron chi connectivity index (χ1n) is 4.01. The van der Waals surface area contributed by atoms with E-state index in [4.69, 9.17) is 10.8 Å². The summed E-state index contributed by atoms with van der Waals surface area (Å²) in [6, 6.07) is -1.14. The van der Waals surface area contributed by atoms with Crippen LogP contribution in [0.1, 0.15) is 0 Å². The Morgan fingerprint density at radius 1 is 1.46 bits per heavy atom. The highest BCUT2D eigenvalue weighted by molar-refractivity contribution is 6.76. The predicted octanol–water partition coefficient (Wildman–Crippen LogP) is 0.446. The molecule has 76 valence electrons. The first kappa shape index (κ1) is 12.0. The van der Waals surface area contributed by atoms with Gasteiger partial charge in [-0.25, -0.2) is 4.79 Å². The number of primary amides is 1. The summed E-state index contributed by atoms with van der Waals surface area (Å²) < 4.78 is 0. The normalized spacial score (nSPS) is 13.5. The third kappa shape index (κ3) is 6.15. The number of nitrogens with two attached hydrogens (primary N) is 1. The SMILES string of the molecule is C[Si](C)(C)C[C@@H](NC(N)=O)C(=O)O. The minimum absolute atomic E-state index is 0.491. The van der Waals surface area contributed by atoms with Crippen molar-refractivity contribution in [2.75, 3.05) is 0 Å². The van der Waals surface area contributed by atoms with Crippen LogP contribution in [0.4, 0.5) is 4.79 Å². The number of hydrogen-bond acceptors (Lipinski definition) is 2. The van der Waals surface area contributed by atoms with Gasteiger partial charge in [-0.3, -0.25) is 4.79 Å². The third-order valence-electron chi connectivity index (χ3n) is 1.43. The van der Waals surface area contributed by atoms with Gasteiger partial charge in [0.1, 0.15) is 6.04 Å². The van der Waals surface area contributed by atoms with Crippen molar-refractivity contribution < 1.29 is 14.7 Å². The quantitative estimate of drug-likeness (QED) is 0.580. The molecular weight excluding hydrogens is 188 g/mol. The van der Waals surface area contributed by atoms with Crippen LogP contribution in [-0.4, -0.2) is 31.2 Å². The van der Waals surface area contributed by atoms with Crippen LogP contribution in [0.25, 0.3) is 0 Å². The number of hydrogen-bond donors (Lipinski definition) is 3. The number of rotatable bonds is 4. The Morgan fingerprint density at radius 2 is 1.92 bits per heavy atom. The lowest BCUT2D eigenvalue weighted by molar-refractivity contribution is -0.138. The van der Waals surface area contributed by atoms with Gasteiger partial charge in [0.05, 0.1) is 0 Å². The molecule has 0 aromatic rings. The number of carbonyl (C=O) groups is 2. The summed E-state index contributed by atoms with van der Waals surface area (Å²) in [6.45, 7) is 6.10. The second-order valence-electron chi connectivity index (χ2n) is 4.16. The molecule has 0 bridgehead atoms. The predicted molar refractivity (Wildman–Crippen MR) is 52.3 cm³/mol. The molecule has 5 nitrogen and oxygen atoms in total. The maximum atomic E-state index is 10.7. The molecular formula is C7H16N2O3Si. The molecule has 6 heteroatoms. The van der Waals surface area contributed by atoms with Crippen molar-refractivity contribution in [3.63, 3.8) is 0 Å². The standard InChI is InChI=1S/C7H16N2O3Si/c1-13(2,3)4-5(6(10)11)9-7(8)12/h5H,4H2,1-3H3,(H,10,11)(H3,8,9,12)/t5-/m1/s1. The minimum Gasteiger partial charge on any atom is -0.480 e. The molecule has 0 rings (SSSR count). The lowest BCUT2D eigenvalue weighted by atomic mass is 10.3. The highest BCUT2D eigenvalue weighted by Crippen LogP contribution is 2.11. The number of carboxylic acid groups (broad SMARTS) is 1. The van der Waals surface area contributed by atoms with Gasteiger partial charge in [0.15, 0.2) is 0 Å². The van der Waals surface area contributed by atoms with Crippen molar-refractivity contribution in [2.24, 2.45) is 5.73 Å². The molecule has 0 aliphatic heterocycles. The summed E-state index contributed by atoms with van der Waals surface area (Å²) in [4.78, 5) is 21.1. The van der Waals surface area contributed by atoms with E-state index in [9.17, 15) is 9.59 Å². The topological polar surface area (TPSA) is 92.4 Å². The minimum atomic E-state index is -1.50. The third-order valence-corrected chi connectivity index (χ3v) is 3.06. The number of carbonyl (C=O) groups excluding carboxylic acids is 1. The molecule has 4 N–H and O–H groups in total. The van der Waals surface area contributed by atoms with E-state index in [1.165, 1.54) is 0 Å². The molecule has 0 radical (unpaired) electrons. The number of nitrogens with one attached hydrogen (secondary N) is 1. The van der Waals surface area contributed by atoms with Crippen molar-refractivity contribution in [1.29, 1.82) is 0 Å². The maximum absolute atomic E-state index is 10.7. The summed E-state index contributed by atoms with van der Waals surface area (Å²) in [7, 11) is -1.50. The smallest absolute Gasteiger partial charge is 0.325 e. The molecule has 1 atom stereocenters. The van der Waals surface area contributed by atoms with Crippen molar-refractivity contribution in [2.45, 2.75) is 31.7 Å². The molecule has 0 aliphatic carbocycles. The first-order chi connectivity index (χ1) is 5.72. The molecule has 0 aromatic heterocycles. The van der Waals surface area contributed by atoms with Crippen LogP contribution in [0.15, 0.2) is 0 Å². The van der Waals surface area contributed by atoms with E-state index in [0.717, 1.165) is 0 Å². The van der Waals surface area contributed by atoms with Crippen molar-refractivity contribution in [1.82, 2.24) is 5.32 Å². The average Bonchev–Trinajstić information content (AvgIpc) is 1.81. The zero-order valence-corrected chi connectivity index (χ0v) is 9.13. The zero-order chi connectivity index (χ0) is 10.6. The highest BCUT2D eigenvalue weighted by atomic mass is 28.3. The van der Waals surface area contributed by atoms with Crippen LogP contribution >= 0.6 is 0 Å². The number of amides is 2. The summed E-state index contributed by atoms with van der Waals surface area (Å²) in [5, 5.41) is 10.9. The van der Waals surface area contributed by atoms with E-state index in [2.05, 4.69) is 5.32 Å². The molecule has 0 saturated carbocycles. The van der Waals surface area contributed by atoms with Gasteiger partial charge in [-0.1, -0.05) is 19.6 Å². The molecule has 0 heterocycles. The molecule has 0 spiro atoms.